The third kappa shape index (κ3) is 24.2. The fraction of sp³-hybridized carbons (Fsp3) is 1.00. The number of hydrogen-bond acceptors (Lipinski definition) is 0. The van der Waals surface area contributed by atoms with E-state index in [9.17, 15) is 0 Å². The molecule has 0 bridgehead atoms. The second-order valence-electron chi connectivity index (χ2n) is 8.78. The zero-order valence-corrected chi connectivity index (χ0v) is 20.4. The molecular weight excluding hydrogens is 328 g/mol. The van der Waals surface area contributed by atoms with Crippen molar-refractivity contribution in [2.24, 2.45) is 0 Å². The van der Waals surface area contributed by atoms with Crippen LogP contribution in [0.3, 0.4) is 0 Å². The zero-order chi connectivity index (χ0) is 19.0. The van der Waals surface area contributed by atoms with E-state index in [1.165, 1.54) is 141 Å². The van der Waals surface area contributed by atoms with Crippen molar-refractivity contribution in [2.45, 2.75) is 161 Å². The molecule has 0 radical (unpaired) electrons. The van der Waals surface area contributed by atoms with E-state index in [0.717, 1.165) is 0 Å². The second-order valence-corrected chi connectivity index (χ2v) is 10.5. The molecule has 158 valence electrons. The average Bonchev–Trinajstić information content (AvgIpc) is 2.66. The first-order valence-corrected chi connectivity index (χ1v) is 15.3. The molecule has 0 spiro atoms. The molecule has 0 saturated carbocycles. The van der Waals surface area contributed by atoms with Crippen molar-refractivity contribution in [3.63, 3.8) is 0 Å². The van der Waals surface area contributed by atoms with Gasteiger partial charge in [0.05, 0.1) is 0 Å². The number of unbranched alkanes of at least 4 members (excludes halogenated alkanes) is 21. The highest BCUT2D eigenvalue weighted by Crippen LogP contribution is 2.15. The molecule has 0 N–H and O–H groups in total. The predicted molar refractivity (Wildman–Crippen MR) is 126 cm³/mol. The Labute approximate surface area is 170 Å². The first-order valence-electron chi connectivity index (χ1n) is 12.9. The summed E-state index contributed by atoms with van der Waals surface area (Å²) >= 11 is 0. The fourth-order valence-electron chi connectivity index (χ4n) is 4.04. The van der Waals surface area contributed by atoms with Crippen LogP contribution in [0.1, 0.15) is 148 Å². The normalized spacial score (nSPS) is 11.8. The van der Waals surface area contributed by atoms with Crippen LogP contribution in [0.2, 0.25) is 12.6 Å². The van der Waals surface area contributed by atoms with E-state index in [1.807, 2.05) is 0 Å². The Bertz CT molecular complexity index is 202. The highest BCUT2D eigenvalue weighted by Gasteiger charge is 1.95. The molecular formula is C25H54Si. The van der Waals surface area contributed by atoms with E-state index in [0.29, 0.717) is 9.52 Å². The molecule has 0 atom stereocenters. The van der Waals surface area contributed by atoms with Gasteiger partial charge < -0.3 is 0 Å². The monoisotopic (exact) mass is 382 g/mol. The summed E-state index contributed by atoms with van der Waals surface area (Å²) < 4.78 is 0. The maximum Gasteiger partial charge on any atom is 0.0166 e. The summed E-state index contributed by atoms with van der Waals surface area (Å²) in [4.78, 5) is 0. The summed E-state index contributed by atoms with van der Waals surface area (Å²) in [6.07, 6.45) is 32.8. The summed E-state index contributed by atoms with van der Waals surface area (Å²) in [5.41, 5.74) is 0. The van der Waals surface area contributed by atoms with E-state index < -0.39 is 0 Å². The molecule has 0 unspecified atom stereocenters. The van der Waals surface area contributed by atoms with Gasteiger partial charge in [0, 0.05) is 9.52 Å². The summed E-state index contributed by atoms with van der Waals surface area (Å²) in [7, 11) is 0.343. The lowest BCUT2D eigenvalue weighted by molar-refractivity contribution is 0.520. The Kier molecular flexibility index (Phi) is 25.4. The van der Waals surface area contributed by atoms with Crippen molar-refractivity contribution in [1.29, 1.82) is 0 Å². The Morgan fingerprint density at radius 1 is 0.346 bits per heavy atom. The highest BCUT2D eigenvalue weighted by molar-refractivity contribution is 6.33. The molecule has 0 aromatic carbocycles. The van der Waals surface area contributed by atoms with Crippen LogP contribution in [0, 0.1) is 0 Å². The Morgan fingerprint density at radius 2 is 0.577 bits per heavy atom. The molecule has 0 aromatic heterocycles. The maximum atomic E-state index is 2.44. The Balaban J connectivity index is 2.95. The van der Waals surface area contributed by atoms with Gasteiger partial charge in [0.1, 0.15) is 0 Å². The van der Waals surface area contributed by atoms with Crippen molar-refractivity contribution in [3.05, 3.63) is 0 Å². The molecule has 0 aliphatic carbocycles. The zero-order valence-electron chi connectivity index (χ0n) is 19.0. The van der Waals surface area contributed by atoms with Crippen LogP contribution in [-0.2, 0) is 0 Å². The Hall–Kier alpha value is 0.217. The van der Waals surface area contributed by atoms with Crippen LogP contribution in [0.4, 0.5) is 0 Å². The van der Waals surface area contributed by atoms with Crippen molar-refractivity contribution >= 4 is 9.52 Å². The molecule has 0 aromatic rings. The molecule has 0 aliphatic rings. The predicted octanol–water partition coefficient (Wildman–Crippen LogP) is 9.22. The van der Waals surface area contributed by atoms with Gasteiger partial charge in [-0.15, -0.1) is 0 Å². The highest BCUT2D eigenvalue weighted by atomic mass is 28.2. The van der Waals surface area contributed by atoms with E-state index in [1.54, 1.807) is 6.04 Å². The molecule has 0 rings (SSSR count). The van der Waals surface area contributed by atoms with Gasteiger partial charge in [-0.1, -0.05) is 161 Å². The Morgan fingerprint density at radius 3 is 0.808 bits per heavy atom. The molecule has 0 saturated heterocycles. The lowest BCUT2D eigenvalue weighted by Crippen LogP contribution is -1.85. The van der Waals surface area contributed by atoms with Gasteiger partial charge in [-0.3, -0.25) is 0 Å². The first kappa shape index (κ1) is 26.2. The van der Waals surface area contributed by atoms with Crippen LogP contribution in [0.5, 0.6) is 0 Å². The molecule has 26 heavy (non-hydrogen) atoms. The largest absolute Gasteiger partial charge is 0.0748 e. The van der Waals surface area contributed by atoms with Crippen molar-refractivity contribution in [3.8, 4) is 0 Å². The van der Waals surface area contributed by atoms with E-state index in [4.69, 9.17) is 0 Å². The van der Waals surface area contributed by atoms with Gasteiger partial charge in [-0.2, -0.15) is 0 Å². The lowest BCUT2D eigenvalue weighted by Gasteiger charge is -2.04. The van der Waals surface area contributed by atoms with Gasteiger partial charge in [0.2, 0.25) is 0 Å². The number of hydrogen-bond donors (Lipinski definition) is 0. The van der Waals surface area contributed by atoms with Crippen LogP contribution in [-0.4, -0.2) is 9.52 Å². The molecule has 0 aliphatic heterocycles. The van der Waals surface area contributed by atoms with Crippen molar-refractivity contribution in [1.82, 2.24) is 0 Å². The smallest absolute Gasteiger partial charge is 0.0166 e. The van der Waals surface area contributed by atoms with Crippen molar-refractivity contribution in [2.75, 3.05) is 0 Å². The summed E-state index contributed by atoms with van der Waals surface area (Å²) in [6.45, 7) is 4.75. The van der Waals surface area contributed by atoms with Crippen LogP contribution in [0.15, 0.2) is 0 Å². The topological polar surface area (TPSA) is 0 Å². The average molecular weight is 383 g/mol. The SMILES string of the molecule is CCCCCCCCCCCCCCCCCCCCCCCC[SiH2]C. The summed E-state index contributed by atoms with van der Waals surface area (Å²) in [5.74, 6) is 0. The molecule has 0 heterocycles. The van der Waals surface area contributed by atoms with Gasteiger partial charge in [0.15, 0.2) is 0 Å². The first-order chi connectivity index (χ1) is 12.9. The minimum Gasteiger partial charge on any atom is -0.0748 e. The van der Waals surface area contributed by atoms with Gasteiger partial charge in [-0.25, -0.2) is 0 Å². The summed E-state index contributed by atoms with van der Waals surface area (Å²) in [5, 5.41) is 0. The maximum absolute atomic E-state index is 2.44. The van der Waals surface area contributed by atoms with E-state index in [2.05, 4.69) is 13.5 Å². The number of rotatable bonds is 23. The van der Waals surface area contributed by atoms with Gasteiger partial charge in [0.25, 0.3) is 0 Å². The quantitative estimate of drug-likeness (QED) is 0.122. The molecule has 0 amide bonds. The standard InChI is InChI=1S/C25H54Si/c1-3-4-5-6-7-8-9-10-11-12-13-14-15-16-17-18-19-20-21-22-23-24-25-26-2/h3-26H2,1-2H3. The molecule has 0 nitrogen and oxygen atoms in total. The van der Waals surface area contributed by atoms with E-state index >= 15 is 0 Å². The third-order valence-electron chi connectivity index (χ3n) is 5.96. The minimum absolute atomic E-state index is 0.343. The summed E-state index contributed by atoms with van der Waals surface area (Å²) in [6, 6.07) is 1.58. The van der Waals surface area contributed by atoms with Crippen LogP contribution < -0.4 is 0 Å². The van der Waals surface area contributed by atoms with Crippen molar-refractivity contribution < 1.29 is 0 Å². The fourth-order valence-corrected chi connectivity index (χ4v) is 4.89. The minimum atomic E-state index is 0.343. The van der Waals surface area contributed by atoms with Crippen LogP contribution in [0.25, 0.3) is 0 Å². The van der Waals surface area contributed by atoms with Crippen LogP contribution >= 0.6 is 0 Å². The van der Waals surface area contributed by atoms with Gasteiger partial charge in [-0.05, 0) is 0 Å². The lowest BCUT2D eigenvalue weighted by atomic mass is 10.0. The third-order valence-corrected chi connectivity index (χ3v) is 7.16. The second kappa shape index (κ2) is 25.2. The molecule has 1 heteroatoms. The molecule has 0 fully saturated rings. The van der Waals surface area contributed by atoms with E-state index in [-0.39, 0.29) is 0 Å². The van der Waals surface area contributed by atoms with Gasteiger partial charge >= 0.3 is 0 Å².